The number of carbonyl (C=O) groups is 5. The van der Waals surface area contributed by atoms with Gasteiger partial charge >= 0.3 is 29.8 Å². The first-order valence-electron chi connectivity index (χ1n) is 19.7. The normalized spacial score (nSPS) is 28.2. The number of nitro benzene ring substituents is 1. The molecule has 22 nitrogen and oxygen atoms in total. The molecule has 2 fully saturated rings. The van der Waals surface area contributed by atoms with E-state index in [2.05, 4.69) is 0 Å². The van der Waals surface area contributed by atoms with Crippen molar-refractivity contribution in [1.29, 1.82) is 0 Å². The molecule has 3 aliphatic rings. The van der Waals surface area contributed by atoms with E-state index in [1.54, 1.807) is 13.0 Å². The van der Waals surface area contributed by atoms with Crippen LogP contribution in [0.3, 0.4) is 0 Å². The van der Waals surface area contributed by atoms with Crippen LogP contribution in [0.4, 0.5) is 5.69 Å². The average Bonchev–Trinajstić information content (AvgIpc) is 3.69. The molecule has 344 valence electrons. The number of nitrogens with zero attached hydrogens (tertiary/aromatic N) is 1. The summed E-state index contributed by atoms with van der Waals surface area (Å²) in [6.07, 6.45) is -15.8. The quantitative estimate of drug-likeness (QED) is 0.0783. The largest absolute Gasteiger partial charge is 0.471 e. The summed E-state index contributed by atoms with van der Waals surface area (Å²) in [6, 6.07) is 11.2. The topological polar surface area (TPSA) is 284 Å². The molecule has 0 aliphatic carbocycles. The summed E-state index contributed by atoms with van der Waals surface area (Å²) in [5.41, 5.74) is 0.227. The van der Waals surface area contributed by atoms with Gasteiger partial charge in [-0.25, -0.2) is 4.79 Å². The van der Waals surface area contributed by atoms with Gasteiger partial charge in [0.05, 0.1) is 60.9 Å². The number of ether oxygens (including phenoxy) is 10. The van der Waals surface area contributed by atoms with Crippen molar-refractivity contribution >= 4 is 45.7 Å². The minimum atomic E-state index is -4.68. The molecular formula is C40H47NO21S. The number of para-hydroxylation sites is 1. The molecular weight excluding hydrogens is 862 g/mol. The fourth-order valence-electron chi connectivity index (χ4n) is 7.11. The van der Waals surface area contributed by atoms with Crippen LogP contribution in [-0.2, 0) is 85.6 Å². The Morgan fingerprint density at radius 3 is 2.16 bits per heavy atom. The van der Waals surface area contributed by atoms with Crippen LogP contribution < -0.4 is 0 Å². The van der Waals surface area contributed by atoms with Gasteiger partial charge in [-0.15, -0.1) is 0 Å². The number of esters is 5. The molecule has 23 heteroatoms. The van der Waals surface area contributed by atoms with Crippen LogP contribution in [0.5, 0.6) is 0 Å². The van der Waals surface area contributed by atoms with E-state index in [0.717, 1.165) is 41.1 Å². The van der Waals surface area contributed by atoms with Crippen LogP contribution in [0.15, 0.2) is 65.3 Å². The molecule has 2 aromatic rings. The third-order valence-corrected chi connectivity index (χ3v) is 11.1. The summed E-state index contributed by atoms with van der Waals surface area (Å²) in [6.45, 7) is 3.52. The van der Waals surface area contributed by atoms with Crippen LogP contribution in [0.25, 0.3) is 0 Å². The molecule has 0 aromatic heterocycles. The SMILES string of the molecule is [2H]C(O)(COS(=O)(=O)c1ccc(C)cc1)[C@H]1[C@H](O[C@@H]2O[C@H](COC(C)=O)[C@@H](OC(C)=O)[C@H](OC(C)=O)[C@H]2OC(C)=O)OC=C(C(=O)OC)[C@H]1CC1OCC(c2ccccc2[N+](=O)[O-])O1. The van der Waals surface area contributed by atoms with E-state index < -0.39 is 132 Å². The molecule has 0 bridgehead atoms. The second-order valence-electron chi connectivity index (χ2n) is 14.4. The van der Waals surface area contributed by atoms with Gasteiger partial charge in [0.15, 0.2) is 24.6 Å². The van der Waals surface area contributed by atoms with Crippen molar-refractivity contribution in [3.05, 3.63) is 81.6 Å². The Balaban J connectivity index is 1.59. The highest BCUT2D eigenvalue weighted by Gasteiger charge is 2.55. The highest BCUT2D eigenvalue weighted by molar-refractivity contribution is 7.86. The smallest absolute Gasteiger partial charge is 0.337 e. The zero-order valence-electron chi connectivity index (χ0n) is 35.8. The van der Waals surface area contributed by atoms with E-state index in [4.69, 9.17) is 51.6 Å². The maximum Gasteiger partial charge on any atom is 0.337 e. The number of hydrogen-bond donors (Lipinski definition) is 1. The molecule has 63 heavy (non-hydrogen) atoms. The molecule has 5 rings (SSSR count). The molecule has 0 saturated carbocycles. The average molecular weight is 911 g/mol. The molecule has 2 saturated heterocycles. The van der Waals surface area contributed by atoms with Crippen molar-refractivity contribution < 1.29 is 95.3 Å². The Morgan fingerprint density at radius 2 is 1.54 bits per heavy atom. The predicted molar refractivity (Wildman–Crippen MR) is 207 cm³/mol. The first-order chi connectivity index (χ1) is 30.1. The number of benzene rings is 2. The second kappa shape index (κ2) is 21.2. The van der Waals surface area contributed by atoms with Crippen molar-refractivity contribution in [3.8, 4) is 0 Å². The molecule has 3 unspecified atom stereocenters. The van der Waals surface area contributed by atoms with Crippen LogP contribution >= 0.6 is 0 Å². The van der Waals surface area contributed by atoms with Gasteiger partial charge in [0, 0.05) is 46.1 Å². The van der Waals surface area contributed by atoms with Crippen LogP contribution in [0.1, 0.15) is 52.7 Å². The number of nitro groups is 1. The van der Waals surface area contributed by atoms with Crippen molar-refractivity contribution in [2.45, 2.75) is 101 Å². The van der Waals surface area contributed by atoms with Gasteiger partial charge in [-0.3, -0.25) is 33.5 Å². The Kier molecular flexibility index (Phi) is 15.8. The molecule has 11 atom stereocenters. The van der Waals surface area contributed by atoms with Crippen molar-refractivity contribution in [3.63, 3.8) is 0 Å². The van der Waals surface area contributed by atoms with E-state index in [-0.39, 0.29) is 28.3 Å². The van der Waals surface area contributed by atoms with Gasteiger partial charge in [0.25, 0.3) is 15.8 Å². The van der Waals surface area contributed by atoms with E-state index in [1.165, 1.54) is 42.5 Å². The highest BCUT2D eigenvalue weighted by atomic mass is 32.2. The van der Waals surface area contributed by atoms with E-state index >= 15 is 0 Å². The summed E-state index contributed by atoms with van der Waals surface area (Å²) in [7, 11) is -3.66. The number of aryl methyl sites for hydroxylation is 1. The lowest BCUT2D eigenvalue weighted by molar-refractivity contribution is -0.386. The minimum Gasteiger partial charge on any atom is -0.471 e. The van der Waals surface area contributed by atoms with Crippen molar-refractivity contribution in [2.75, 3.05) is 26.9 Å². The van der Waals surface area contributed by atoms with Crippen molar-refractivity contribution in [1.82, 2.24) is 0 Å². The predicted octanol–water partition coefficient (Wildman–Crippen LogP) is 2.22. The molecule has 0 radical (unpaired) electrons. The first kappa shape index (κ1) is 46.9. The van der Waals surface area contributed by atoms with Crippen LogP contribution in [-0.4, -0.2) is 125 Å². The van der Waals surface area contributed by atoms with Gasteiger partial charge in [0.2, 0.25) is 12.6 Å². The lowest BCUT2D eigenvalue weighted by Crippen LogP contribution is -2.64. The Bertz CT molecular complexity index is 2200. The number of methoxy groups -OCH3 is 1. The maximum absolute atomic E-state index is 13.4. The third kappa shape index (κ3) is 12.3. The highest BCUT2D eigenvalue weighted by Crippen LogP contribution is 2.43. The molecule has 2 aromatic carbocycles. The molecule has 0 amide bonds. The minimum absolute atomic E-state index is 0.152. The molecule has 3 aliphatic heterocycles. The Hall–Kier alpha value is -5.56. The van der Waals surface area contributed by atoms with Crippen LogP contribution in [0, 0.1) is 28.9 Å². The van der Waals surface area contributed by atoms with Gasteiger partial charge in [-0.2, -0.15) is 8.42 Å². The lowest BCUT2D eigenvalue weighted by Gasteiger charge is -2.46. The van der Waals surface area contributed by atoms with E-state index in [9.17, 15) is 49.0 Å². The fraction of sp³-hybridized carbons (Fsp3) is 0.525. The summed E-state index contributed by atoms with van der Waals surface area (Å²) < 4.78 is 97.9. The van der Waals surface area contributed by atoms with Crippen molar-refractivity contribution in [2.24, 2.45) is 11.8 Å². The standard InChI is InChI=1S/C40H47NO21S/c1-20-11-13-25(14-12-20)63(50,51)56-17-30(46)34-27(15-33-54-18-31(60-33)26-9-7-8-10-29(26)41(48)49)28(38(47)52-6)16-55-39(34)62-40-37(59-24(5)45)36(58-23(4)44)35(57-22(3)43)32(61-40)19-53-21(2)42/h7-14,16,27,30-37,39-40,46H,15,17-19H2,1-6H3/t27-,30?,31?,32-,33?,34+,35-,36+,37-,39+,40+/m1/s1/i30D. The first-order valence-corrected chi connectivity index (χ1v) is 20.6. The van der Waals surface area contributed by atoms with Gasteiger partial charge < -0.3 is 52.5 Å². The Morgan fingerprint density at radius 1 is 0.905 bits per heavy atom. The number of rotatable bonds is 17. The maximum atomic E-state index is 13.4. The summed E-state index contributed by atoms with van der Waals surface area (Å²) in [5.74, 6) is -8.22. The monoisotopic (exact) mass is 910 g/mol. The van der Waals surface area contributed by atoms with Gasteiger partial charge in [0.1, 0.15) is 18.8 Å². The number of aliphatic hydroxyl groups is 1. The summed E-state index contributed by atoms with van der Waals surface area (Å²) >= 11 is 0. The second-order valence-corrected chi connectivity index (χ2v) is 16.0. The number of hydrogen-bond acceptors (Lipinski definition) is 21. The van der Waals surface area contributed by atoms with Gasteiger partial charge in [-0.1, -0.05) is 29.8 Å². The fourth-order valence-corrected chi connectivity index (χ4v) is 7.99. The van der Waals surface area contributed by atoms with Gasteiger partial charge in [-0.05, 0) is 25.1 Å². The zero-order valence-corrected chi connectivity index (χ0v) is 35.6. The summed E-state index contributed by atoms with van der Waals surface area (Å²) in [5, 5.41) is 24.0. The Labute approximate surface area is 362 Å². The summed E-state index contributed by atoms with van der Waals surface area (Å²) in [4.78, 5) is 73.6. The van der Waals surface area contributed by atoms with E-state index in [1.807, 2.05) is 0 Å². The molecule has 0 spiro atoms. The zero-order chi connectivity index (χ0) is 47.1. The van der Waals surface area contributed by atoms with Crippen LogP contribution in [0.2, 0.25) is 0 Å². The third-order valence-electron chi connectivity index (χ3n) is 9.83. The number of carbonyl (C=O) groups excluding carboxylic acids is 5. The molecule has 3 heterocycles. The molecule has 1 N–H and O–H groups in total. The van der Waals surface area contributed by atoms with E-state index in [0.29, 0.717) is 5.56 Å². The lowest BCUT2D eigenvalue weighted by atomic mass is 9.78.